The lowest BCUT2D eigenvalue weighted by atomic mass is 10.0. The van der Waals surface area contributed by atoms with E-state index in [0.29, 0.717) is 18.7 Å². The molecule has 6 heteroatoms. The Morgan fingerprint density at radius 3 is 2.57 bits per heavy atom. The second-order valence-corrected chi connectivity index (χ2v) is 6.62. The number of hydrogen-bond acceptors (Lipinski definition) is 4. The van der Waals surface area contributed by atoms with Crippen molar-refractivity contribution in [3.05, 3.63) is 24.2 Å². The van der Waals surface area contributed by atoms with Crippen LogP contribution in [0.1, 0.15) is 37.0 Å². The number of likely N-dealkylation sites (tertiary alicyclic amines) is 1. The van der Waals surface area contributed by atoms with E-state index in [2.05, 4.69) is 18.7 Å². The molecule has 2 amide bonds. The van der Waals surface area contributed by atoms with Crippen LogP contribution in [0.4, 0.5) is 0 Å². The maximum atomic E-state index is 12.7. The Balaban J connectivity index is 1.58. The van der Waals surface area contributed by atoms with E-state index in [1.165, 1.54) is 12.5 Å². The third-order valence-electron chi connectivity index (χ3n) is 4.88. The summed E-state index contributed by atoms with van der Waals surface area (Å²) in [6.45, 7) is 7.85. The summed E-state index contributed by atoms with van der Waals surface area (Å²) in [7, 11) is 0. The van der Waals surface area contributed by atoms with E-state index in [1.807, 2.05) is 9.80 Å². The van der Waals surface area contributed by atoms with Crippen LogP contribution in [0.3, 0.4) is 0 Å². The van der Waals surface area contributed by atoms with Crippen LogP contribution in [0.2, 0.25) is 0 Å². The van der Waals surface area contributed by atoms with E-state index in [4.69, 9.17) is 4.42 Å². The number of rotatable bonds is 3. The minimum atomic E-state index is -0.0164. The lowest BCUT2D eigenvalue weighted by molar-refractivity contribution is -0.142. The van der Waals surface area contributed by atoms with Crippen LogP contribution in [0.5, 0.6) is 0 Å². The first-order valence-electron chi connectivity index (χ1n) is 8.44. The van der Waals surface area contributed by atoms with Gasteiger partial charge in [0.05, 0.1) is 17.9 Å². The molecular weight excluding hydrogens is 294 g/mol. The highest BCUT2D eigenvalue weighted by atomic mass is 16.3. The number of carbonyl (C=O) groups is 2. The van der Waals surface area contributed by atoms with Crippen LogP contribution in [0, 0.1) is 0 Å². The third kappa shape index (κ3) is 3.27. The molecule has 0 saturated carbocycles. The summed E-state index contributed by atoms with van der Waals surface area (Å²) in [5.41, 5.74) is 0.596. The first-order chi connectivity index (χ1) is 11.1. The standard InChI is InChI=1S/C17H25N3O3/c1-13(2)20-6-3-4-15(17(20)22)18-7-9-19(10-8-18)16(21)14-5-11-23-12-14/h5,11-13,15H,3-4,6-10H2,1-2H3/t15-/m1/s1. The molecule has 2 fully saturated rings. The topological polar surface area (TPSA) is 57.0 Å². The first-order valence-corrected chi connectivity index (χ1v) is 8.44. The molecular formula is C17H25N3O3. The minimum absolute atomic E-state index is 0.0113. The Morgan fingerprint density at radius 2 is 1.96 bits per heavy atom. The van der Waals surface area contributed by atoms with Gasteiger partial charge >= 0.3 is 0 Å². The van der Waals surface area contributed by atoms with Crippen molar-refractivity contribution >= 4 is 11.8 Å². The van der Waals surface area contributed by atoms with Gasteiger partial charge < -0.3 is 14.2 Å². The van der Waals surface area contributed by atoms with Crippen LogP contribution in [-0.2, 0) is 4.79 Å². The zero-order chi connectivity index (χ0) is 16.4. The van der Waals surface area contributed by atoms with E-state index < -0.39 is 0 Å². The maximum absolute atomic E-state index is 12.7. The van der Waals surface area contributed by atoms with Gasteiger partial charge in [0.15, 0.2) is 0 Å². The van der Waals surface area contributed by atoms with Crippen molar-refractivity contribution in [3.8, 4) is 0 Å². The quantitative estimate of drug-likeness (QED) is 0.846. The first kappa shape index (κ1) is 16.1. The number of piperazine rings is 1. The largest absolute Gasteiger partial charge is 0.472 e. The average Bonchev–Trinajstić information content (AvgIpc) is 3.09. The van der Waals surface area contributed by atoms with Crippen LogP contribution in [-0.4, -0.2) is 71.3 Å². The Bertz CT molecular complexity index is 547. The molecule has 23 heavy (non-hydrogen) atoms. The number of amides is 2. The minimum Gasteiger partial charge on any atom is -0.472 e. The second kappa shape index (κ2) is 6.74. The van der Waals surface area contributed by atoms with Crippen LogP contribution in [0.25, 0.3) is 0 Å². The molecule has 6 nitrogen and oxygen atoms in total. The van der Waals surface area contributed by atoms with Crippen molar-refractivity contribution in [1.29, 1.82) is 0 Å². The van der Waals surface area contributed by atoms with Gasteiger partial charge in [0.2, 0.25) is 5.91 Å². The van der Waals surface area contributed by atoms with Crippen molar-refractivity contribution < 1.29 is 14.0 Å². The summed E-state index contributed by atoms with van der Waals surface area (Å²) in [6, 6.07) is 1.94. The van der Waals surface area contributed by atoms with Gasteiger partial charge in [-0.15, -0.1) is 0 Å². The van der Waals surface area contributed by atoms with Gasteiger partial charge in [-0.1, -0.05) is 0 Å². The summed E-state index contributed by atoms with van der Waals surface area (Å²) in [4.78, 5) is 31.1. The van der Waals surface area contributed by atoms with E-state index in [0.717, 1.165) is 32.5 Å². The van der Waals surface area contributed by atoms with Gasteiger partial charge in [0, 0.05) is 38.8 Å². The van der Waals surface area contributed by atoms with Gasteiger partial charge in [-0.2, -0.15) is 0 Å². The van der Waals surface area contributed by atoms with Crippen molar-refractivity contribution in [3.63, 3.8) is 0 Å². The van der Waals surface area contributed by atoms with Crippen molar-refractivity contribution in [2.24, 2.45) is 0 Å². The lowest BCUT2D eigenvalue weighted by Gasteiger charge is -2.43. The smallest absolute Gasteiger partial charge is 0.257 e. The Morgan fingerprint density at radius 1 is 1.22 bits per heavy atom. The average molecular weight is 319 g/mol. The predicted octanol–water partition coefficient (Wildman–Crippen LogP) is 1.44. The normalized spacial score (nSPS) is 23.6. The summed E-state index contributed by atoms with van der Waals surface area (Å²) in [5, 5.41) is 0. The van der Waals surface area contributed by atoms with E-state index in [9.17, 15) is 9.59 Å². The van der Waals surface area contributed by atoms with Gasteiger partial charge in [0.25, 0.3) is 5.91 Å². The van der Waals surface area contributed by atoms with Gasteiger partial charge in [-0.3, -0.25) is 14.5 Å². The maximum Gasteiger partial charge on any atom is 0.257 e. The van der Waals surface area contributed by atoms with Crippen LogP contribution < -0.4 is 0 Å². The molecule has 0 N–H and O–H groups in total. The number of piperidine rings is 1. The van der Waals surface area contributed by atoms with E-state index >= 15 is 0 Å². The fourth-order valence-corrected chi connectivity index (χ4v) is 3.54. The predicted molar refractivity (Wildman–Crippen MR) is 86.1 cm³/mol. The molecule has 0 aromatic carbocycles. The molecule has 0 bridgehead atoms. The van der Waals surface area contributed by atoms with Gasteiger partial charge in [-0.25, -0.2) is 0 Å². The Hall–Kier alpha value is -1.82. The summed E-state index contributed by atoms with van der Waals surface area (Å²) < 4.78 is 4.98. The SMILES string of the molecule is CC(C)N1CCC[C@@H](N2CCN(C(=O)c3ccoc3)CC2)C1=O. The molecule has 3 heterocycles. The molecule has 3 rings (SSSR count). The second-order valence-electron chi connectivity index (χ2n) is 6.62. The molecule has 2 aliphatic heterocycles. The summed E-state index contributed by atoms with van der Waals surface area (Å²) >= 11 is 0. The van der Waals surface area contributed by atoms with E-state index in [-0.39, 0.29) is 23.9 Å². The number of hydrogen-bond donors (Lipinski definition) is 0. The summed E-state index contributed by atoms with van der Waals surface area (Å²) in [6.07, 6.45) is 4.99. The molecule has 0 aliphatic carbocycles. The molecule has 2 aliphatic rings. The number of nitrogens with zero attached hydrogens (tertiary/aromatic N) is 3. The molecule has 126 valence electrons. The van der Waals surface area contributed by atoms with Crippen molar-refractivity contribution in [2.45, 2.75) is 38.8 Å². The number of furan rings is 1. The van der Waals surface area contributed by atoms with Crippen molar-refractivity contribution in [2.75, 3.05) is 32.7 Å². The Kier molecular flexibility index (Phi) is 4.71. The lowest BCUT2D eigenvalue weighted by Crippen LogP contribution is -2.59. The molecule has 0 unspecified atom stereocenters. The highest BCUT2D eigenvalue weighted by Crippen LogP contribution is 2.21. The van der Waals surface area contributed by atoms with E-state index in [1.54, 1.807) is 6.07 Å². The van der Waals surface area contributed by atoms with Gasteiger partial charge in [0.1, 0.15) is 6.26 Å². The van der Waals surface area contributed by atoms with Crippen LogP contribution in [0.15, 0.2) is 23.0 Å². The zero-order valence-corrected chi connectivity index (χ0v) is 13.9. The number of carbonyl (C=O) groups excluding carboxylic acids is 2. The molecule has 0 spiro atoms. The monoisotopic (exact) mass is 319 g/mol. The molecule has 2 saturated heterocycles. The Labute approximate surface area is 137 Å². The molecule has 1 aromatic heterocycles. The molecule has 1 aromatic rings. The zero-order valence-electron chi connectivity index (χ0n) is 13.9. The highest BCUT2D eigenvalue weighted by Gasteiger charge is 2.36. The molecule has 1 atom stereocenters. The summed E-state index contributed by atoms with van der Waals surface area (Å²) in [5.74, 6) is 0.262. The van der Waals surface area contributed by atoms with Crippen LogP contribution >= 0.6 is 0 Å². The van der Waals surface area contributed by atoms with Crippen molar-refractivity contribution in [1.82, 2.24) is 14.7 Å². The van der Waals surface area contributed by atoms with Gasteiger partial charge in [-0.05, 0) is 32.8 Å². The third-order valence-corrected chi connectivity index (χ3v) is 4.88. The molecule has 0 radical (unpaired) electrons. The fraction of sp³-hybridized carbons (Fsp3) is 0.647. The fourth-order valence-electron chi connectivity index (χ4n) is 3.54. The highest BCUT2D eigenvalue weighted by molar-refractivity contribution is 5.93.